The van der Waals surface area contributed by atoms with E-state index >= 15 is 0 Å². The molecule has 3 aromatic heterocycles. The number of nitrogens with one attached hydrogen (secondary N) is 1. The van der Waals surface area contributed by atoms with Gasteiger partial charge in [0.25, 0.3) is 10.0 Å². The Morgan fingerprint density at radius 1 is 0.885 bits per heavy atom. The fourth-order valence-corrected chi connectivity index (χ4v) is 8.10. The second-order valence-electron chi connectivity index (χ2n) is 13.3. The second kappa shape index (κ2) is 14.4. The summed E-state index contributed by atoms with van der Waals surface area (Å²) in [6.07, 6.45) is 2.95. The van der Waals surface area contributed by atoms with E-state index in [4.69, 9.17) is 19.2 Å². The van der Waals surface area contributed by atoms with E-state index in [1.54, 1.807) is 26.0 Å². The molecule has 7 aromatic rings. The van der Waals surface area contributed by atoms with Crippen molar-refractivity contribution >= 4 is 37.9 Å². The van der Waals surface area contributed by atoms with E-state index < -0.39 is 10.0 Å². The SMILES string of the molecule is CCCCc1nc2c(C)cc(-c3nc4ccccc4n3C)cc2n1Cc1ccc(-c2ccccc2S(=O)(=O)Nc2noc(C)c2C)c(COCC)c1. The predicted molar refractivity (Wildman–Crippen MR) is 206 cm³/mol. The number of fused-ring (bicyclic) bond motifs is 2. The number of anilines is 1. The summed E-state index contributed by atoms with van der Waals surface area (Å²) < 4.78 is 45.9. The smallest absolute Gasteiger partial charge is 0.263 e. The Hall–Kier alpha value is -5.26. The molecule has 10 nitrogen and oxygen atoms in total. The summed E-state index contributed by atoms with van der Waals surface area (Å²) in [5.41, 5.74) is 10.2. The van der Waals surface area contributed by atoms with Gasteiger partial charge >= 0.3 is 0 Å². The third-order valence-electron chi connectivity index (χ3n) is 9.75. The molecule has 0 aliphatic carbocycles. The molecule has 0 saturated carbocycles. The molecule has 0 aliphatic heterocycles. The molecule has 7 rings (SSSR count). The number of aromatic nitrogens is 5. The van der Waals surface area contributed by atoms with E-state index in [9.17, 15) is 8.42 Å². The van der Waals surface area contributed by atoms with Gasteiger partial charge in [-0.15, -0.1) is 0 Å². The first-order chi connectivity index (χ1) is 25.1. The predicted octanol–water partition coefficient (Wildman–Crippen LogP) is 8.90. The van der Waals surface area contributed by atoms with Crippen LogP contribution in [-0.2, 0) is 41.4 Å². The van der Waals surface area contributed by atoms with Crippen molar-refractivity contribution < 1.29 is 17.7 Å². The largest absolute Gasteiger partial charge is 0.377 e. The van der Waals surface area contributed by atoms with Gasteiger partial charge in [-0.25, -0.2) is 18.4 Å². The fraction of sp³-hybridized carbons (Fsp3) is 0.293. The molecule has 4 aromatic carbocycles. The highest BCUT2D eigenvalue weighted by Crippen LogP contribution is 2.35. The van der Waals surface area contributed by atoms with Gasteiger partial charge in [-0.05, 0) is 86.7 Å². The maximum Gasteiger partial charge on any atom is 0.263 e. The fourth-order valence-electron chi connectivity index (χ4n) is 6.82. The maximum absolute atomic E-state index is 13.8. The van der Waals surface area contributed by atoms with Crippen molar-refractivity contribution in [1.82, 2.24) is 24.3 Å². The summed E-state index contributed by atoms with van der Waals surface area (Å²) >= 11 is 0. The molecule has 52 heavy (non-hydrogen) atoms. The topological polar surface area (TPSA) is 117 Å². The Balaban J connectivity index is 1.31. The molecular weight excluding hydrogens is 673 g/mol. The first-order valence-electron chi connectivity index (χ1n) is 17.8. The van der Waals surface area contributed by atoms with Crippen LogP contribution >= 0.6 is 0 Å². The molecule has 0 aliphatic rings. The number of benzene rings is 4. The van der Waals surface area contributed by atoms with E-state index in [0.717, 1.165) is 80.8 Å². The highest BCUT2D eigenvalue weighted by molar-refractivity contribution is 7.92. The van der Waals surface area contributed by atoms with Gasteiger partial charge in [-0.2, -0.15) is 0 Å². The van der Waals surface area contributed by atoms with Crippen LogP contribution in [0.25, 0.3) is 44.6 Å². The Morgan fingerprint density at radius 3 is 2.42 bits per heavy atom. The van der Waals surface area contributed by atoms with Gasteiger partial charge in [0.2, 0.25) is 0 Å². The molecule has 268 valence electrons. The van der Waals surface area contributed by atoms with Crippen LogP contribution in [0.3, 0.4) is 0 Å². The molecule has 0 spiro atoms. The lowest BCUT2D eigenvalue weighted by atomic mass is 9.97. The zero-order chi connectivity index (χ0) is 36.6. The third kappa shape index (κ3) is 6.62. The van der Waals surface area contributed by atoms with E-state index in [1.165, 1.54) is 0 Å². The van der Waals surface area contributed by atoms with Gasteiger partial charge in [0.05, 0.1) is 33.6 Å². The summed E-state index contributed by atoms with van der Waals surface area (Å²) in [5, 5.41) is 3.93. The normalized spacial score (nSPS) is 12.0. The van der Waals surface area contributed by atoms with Gasteiger partial charge in [0.1, 0.15) is 17.4 Å². The lowest BCUT2D eigenvalue weighted by molar-refractivity contribution is 0.134. The van der Waals surface area contributed by atoms with E-state index in [0.29, 0.717) is 36.6 Å². The number of aryl methyl sites for hydroxylation is 4. The highest BCUT2D eigenvalue weighted by atomic mass is 32.2. The molecule has 0 amide bonds. The molecule has 0 unspecified atom stereocenters. The molecule has 0 fully saturated rings. The number of sulfonamides is 1. The van der Waals surface area contributed by atoms with Crippen LogP contribution in [0.2, 0.25) is 0 Å². The molecule has 1 N–H and O–H groups in total. The van der Waals surface area contributed by atoms with Crippen LogP contribution in [0.5, 0.6) is 0 Å². The minimum atomic E-state index is -4.00. The van der Waals surface area contributed by atoms with Crippen molar-refractivity contribution in [3.8, 4) is 22.5 Å². The van der Waals surface area contributed by atoms with E-state index in [-0.39, 0.29) is 10.7 Å². The Kier molecular flexibility index (Phi) is 9.73. The minimum Gasteiger partial charge on any atom is -0.377 e. The standard InChI is InChI=1S/C41H44N6O4S/c1-7-9-18-38-43-39-26(3)21-30(41-42-34-15-11-12-16-35(34)46(41)6)23-36(39)47(38)24-29-19-20-32(31(22-29)25-50-8-2)33-14-10-13-17-37(33)52(48,49)45-40-27(4)28(5)51-44-40/h10-17,19-23H,7-9,18,24-25H2,1-6H3,(H,44,45). The summed E-state index contributed by atoms with van der Waals surface area (Å²) in [4.78, 5) is 10.3. The molecular formula is C41H44N6O4S. The van der Waals surface area contributed by atoms with Crippen LogP contribution in [-0.4, -0.2) is 39.3 Å². The number of ether oxygens (including phenoxy) is 1. The van der Waals surface area contributed by atoms with Gasteiger partial charge in [0.15, 0.2) is 5.82 Å². The molecule has 0 saturated heterocycles. The quantitative estimate of drug-likeness (QED) is 0.127. The number of hydrogen-bond donors (Lipinski definition) is 1. The molecule has 0 radical (unpaired) electrons. The van der Waals surface area contributed by atoms with Gasteiger partial charge < -0.3 is 18.4 Å². The maximum atomic E-state index is 13.8. The molecule has 0 bridgehead atoms. The zero-order valence-corrected chi connectivity index (χ0v) is 31.3. The van der Waals surface area contributed by atoms with Crippen molar-refractivity contribution in [3.05, 3.63) is 113 Å². The summed E-state index contributed by atoms with van der Waals surface area (Å²) in [7, 11) is -1.94. The lowest BCUT2D eigenvalue weighted by Crippen LogP contribution is -2.15. The summed E-state index contributed by atoms with van der Waals surface area (Å²) in [5.74, 6) is 2.69. The first kappa shape index (κ1) is 35.2. The van der Waals surface area contributed by atoms with Gasteiger partial charge in [-0.3, -0.25) is 4.72 Å². The van der Waals surface area contributed by atoms with Crippen LogP contribution in [0.4, 0.5) is 5.82 Å². The zero-order valence-electron chi connectivity index (χ0n) is 30.5. The third-order valence-corrected chi connectivity index (χ3v) is 11.1. The number of unbranched alkanes of at least 4 members (excludes halogenated alkanes) is 1. The molecule has 11 heteroatoms. The van der Waals surface area contributed by atoms with Crippen molar-refractivity contribution in [2.75, 3.05) is 11.3 Å². The summed E-state index contributed by atoms with van der Waals surface area (Å²) in [6, 6.07) is 25.8. The van der Waals surface area contributed by atoms with Crippen molar-refractivity contribution in [1.29, 1.82) is 0 Å². The van der Waals surface area contributed by atoms with Gasteiger partial charge in [-0.1, -0.05) is 67.0 Å². The lowest BCUT2D eigenvalue weighted by Gasteiger charge is -2.17. The van der Waals surface area contributed by atoms with Crippen LogP contribution in [0, 0.1) is 20.8 Å². The van der Waals surface area contributed by atoms with Crippen molar-refractivity contribution in [3.63, 3.8) is 0 Å². The Morgan fingerprint density at radius 2 is 1.67 bits per heavy atom. The number of para-hydroxylation sites is 2. The van der Waals surface area contributed by atoms with E-state index in [1.807, 2.05) is 43.3 Å². The number of nitrogens with zero attached hydrogens (tertiary/aromatic N) is 5. The molecule has 0 atom stereocenters. The monoisotopic (exact) mass is 716 g/mol. The number of imidazole rings is 2. The minimum absolute atomic E-state index is 0.146. The van der Waals surface area contributed by atoms with Crippen LogP contribution < -0.4 is 4.72 Å². The number of rotatable bonds is 13. The van der Waals surface area contributed by atoms with Crippen molar-refractivity contribution in [2.24, 2.45) is 7.05 Å². The number of hydrogen-bond acceptors (Lipinski definition) is 7. The average molecular weight is 717 g/mol. The van der Waals surface area contributed by atoms with Gasteiger partial charge in [0, 0.05) is 43.3 Å². The summed E-state index contributed by atoms with van der Waals surface area (Å²) in [6.45, 7) is 11.2. The van der Waals surface area contributed by atoms with E-state index in [2.05, 4.69) is 70.2 Å². The Labute approximate surface area is 304 Å². The highest BCUT2D eigenvalue weighted by Gasteiger charge is 2.24. The Bertz CT molecular complexity index is 2530. The second-order valence-corrected chi connectivity index (χ2v) is 15.0. The first-order valence-corrected chi connectivity index (χ1v) is 19.2. The van der Waals surface area contributed by atoms with Crippen LogP contribution in [0.15, 0.2) is 88.3 Å². The van der Waals surface area contributed by atoms with Crippen molar-refractivity contribution in [2.45, 2.75) is 71.9 Å². The molecule has 3 heterocycles. The van der Waals surface area contributed by atoms with Crippen LogP contribution in [0.1, 0.15) is 60.5 Å². The average Bonchev–Trinajstić information content (AvgIpc) is 3.78.